The van der Waals surface area contributed by atoms with E-state index in [0.717, 1.165) is 33.4 Å². The smallest absolute Gasteiger partial charge is 0.322 e. The SMILES string of the molecule is Cc1cc(C)c2c(NCC(=O)O)cc(C)nc2c1. The Morgan fingerprint density at radius 3 is 2.67 bits per heavy atom. The summed E-state index contributed by atoms with van der Waals surface area (Å²) in [5.41, 5.74) is 4.87. The van der Waals surface area contributed by atoms with Crippen molar-refractivity contribution in [3.05, 3.63) is 35.0 Å². The second kappa shape index (κ2) is 4.64. The number of carbonyl (C=O) groups is 1. The van der Waals surface area contributed by atoms with E-state index in [4.69, 9.17) is 5.11 Å². The van der Waals surface area contributed by atoms with E-state index in [0.29, 0.717) is 0 Å². The molecule has 0 aliphatic rings. The fraction of sp³-hybridized carbons (Fsp3) is 0.286. The highest BCUT2D eigenvalue weighted by atomic mass is 16.4. The van der Waals surface area contributed by atoms with E-state index >= 15 is 0 Å². The summed E-state index contributed by atoms with van der Waals surface area (Å²) in [6, 6.07) is 5.97. The molecule has 0 aliphatic carbocycles. The number of aromatic nitrogens is 1. The molecule has 0 radical (unpaired) electrons. The molecular formula is C14H16N2O2. The average molecular weight is 244 g/mol. The minimum Gasteiger partial charge on any atom is -0.480 e. The quantitative estimate of drug-likeness (QED) is 0.871. The van der Waals surface area contributed by atoms with Crippen LogP contribution >= 0.6 is 0 Å². The molecule has 2 rings (SSSR count). The van der Waals surface area contributed by atoms with Crippen molar-refractivity contribution in [1.82, 2.24) is 4.98 Å². The second-order valence-electron chi connectivity index (χ2n) is 4.53. The number of rotatable bonds is 3. The molecule has 18 heavy (non-hydrogen) atoms. The van der Waals surface area contributed by atoms with Gasteiger partial charge in [0.05, 0.1) is 5.52 Å². The van der Waals surface area contributed by atoms with Gasteiger partial charge in [-0.25, -0.2) is 0 Å². The summed E-state index contributed by atoms with van der Waals surface area (Å²) in [5.74, 6) is -0.873. The molecule has 4 nitrogen and oxygen atoms in total. The topological polar surface area (TPSA) is 62.2 Å². The molecule has 2 aromatic rings. The van der Waals surface area contributed by atoms with Crippen molar-refractivity contribution < 1.29 is 9.90 Å². The molecule has 0 spiro atoms. The maximum absolute atomic E-state index is 10.7. The van der Waals surface area contributed by atoms with Crippen LogP contribution in [0.5, 0.6) is 0 Å². The Kier molecular flexibility index (Phi) is 3.19. The number of aliphatic carboxylic acids is 1. The summed E-state index contributed by atoms with van der Waals surface area (Å²) < 4.78 is 0. The van der Waals surface area contributed by atoms with Crippen LogP contribution in [0.1, 0.15) is 16.8 Å². The normalized spacial score (nSPS) is 10.6. The fourth-order valence-corrected chi connectivity index (χ4v) is 2.20. The number of pyridine rings is 1. The highest BCUT2D eigenvalue weighted by Gasteiger charge is 2.08. The molecule has 1 heterocycles. The minimum atomic E-state index is -0.873. The molecule has 0 aliphatic heterocycles. The maximum atomic E-state index is 10.7. The second-order valence-corrected chi connectivity index (χ2v) is 4.53. The number of anilines is 1. The van der Waals surface area contributed by atoms with Crippen molar-refractivity contribution in [2.24, 2.45) is 0 Å². The van der Waals surface area contributed by atoms with Gasteiger partial charge >= 0.3 is 5.97 Å². The molecule has 0 fully saturated rings. The predicted octanol–water partition coefficient (Wildman–Crippen LogP) is 2.66. The zero-order valence-electron chi connectivity index (χ0n) is 10.7. The number of nitrogens with zero attached hydrogens (tertiary/aromatic N) is 1. The van der Waals surface area contributed by atoms with Crippen LogP contribution in [0.2, 0.25) is 0 Å². The fourth-order valence-electron chi connectivity index (χ4n) is 2.20. The van der Waals surface area contributed by atoms with Crippen molar-refractivity contribution in [2.45, 2.75) is 20.8 Å². The number of benzene rings is 1. The van der Waals surface area contributed by atoms with E-state index in [9.17, 15) is 4.79 Å². The van der Waals surface area contributed by atoms with Crippen LogP contribution in [0.25, 0.3) is 10.9 Å². The van der Waals surface area contributed by atoms with Gasteiger partial charge in [-0.1, -0.05) is 6.07 Å². The predicted molar refractivity (Wildman–Crippen MR) is 72.1 cm³/mol. The first-order valence-corrected chi connectivity index (χ1v) is 5.81. The molecule has 0 saturated carbocycles. The molecule has 0 bridgehead atoms. The van der Waals surface area contributed by atoms with E-state index in [1.165, 1.54) is 0 Å². The molecule has 0 saturated heterocycles. The maximum Gasteiger partial charge on any atom is 0.322 e. The Balaban J connectivity index is 2.60. The molecule has 0 unspecified atom stereocenters. The van der Waals surface area contributed by atoms with E-state index < -0.39 is 5.97 Å². The average Bonchev–Trinajstić information content (AvgIpc) is 2.24. The van der Waals surface area contributed by atoms with Crippen LogP contribution in [0.4, 0.5) is 5.69 Å². The molecule has 2 N–H and O–H groups in total. The van der Waals surface area contributed by atoms with Gasteiger partial charge in [0, 0.05) is 16.8 Å². The first-order valence-electron chi connectivity index (χ1n) is 5.81. The van der Waals surface area contributed by atoms with Gasteiger partial charge < -0.3 is 10.4 Å². The number of carboxylic acids is 1. The van der Waals surface area contributed by atoms with Crippen molar-refractivity contribution in [2.75, 3.05) is 11.9 Å². The summed E-state index contributed by atoms with van der Waals surface area (Å²) in [4.78, 5) is 15.2. The van der Waals surface area contributed by atoms with Crippen molar-refractivity contribution in [3.8, 4) is 0 Å². The lowest BCUT2D eigenvalue weighted by atomic mass is 10.0. The van der Waals surface area contributed by atoms with Crippen LogP contribution in [0, 0.1) is 20.8 Å². The number of hydrogen-bond acceptors (Lipinski definition) is 3. The summed E-state index contributed by atoms with van der Waals surface area (Å²) in [5, 5.41) is 12.7. The van der Waals surface area contributed by atoms with Gasteiger partial charge in [-0.15, -0.1) is 0 Å². The van der Waals surface area contributed by atoms with E-state index in [2.05, 4.69) is 16.4 Å². The lowest BCUT2D eigenvalue weighted by Gasteiger charge is -2.12. The van der Waals surface area contributed by atoms with Crippen molar-refractivity contribution >= 4 is 22.6 Å². The largest absolute Gasteiger partial charge is 0.480 e. The van der Waals surface area contributed by atoms with Crippen LogP contribution < -0.4 is 5.32 Å². The Hall–Kier alpha value is -2.10. The molecule has 1 aromatic carbocycles. The number of nitrogens with one attached hydrogen (secondary N) is 1. The Morgan fingerprint density at radius 2 is 2.00 bits per heavy atom. The third-order valence-electron chi connectivity index (χ3n) is 2.81. The van der Waals surface area contributed by atoms with Crippen LogP contribution in [-0.2, 0) is 4.79 Å². The molecule has 1 aromatic heterocycles. The Labute approximate surface area is 106 Å². The number of aryl methyl sites for hydroxylation is 3. The zero-order chi connectivity index (χ0) is 13.3. The molecule has 4 heteroatoms. The van der Waals surface area contributed by atoms with Gasteiger partial charge in [-0.2, -0.15) is 0 Å². The lowest BCUT2D eigenvalue weighted by Crippen LogP contribution is -2.13. The third kappa shape index (κ3) is 2.42. The van der Waals surface area contributed by atoms with Gasteiger partial charge in [-0.3, -0.25) is 9.78 Å². The summed E-state index contributed by atoms with van der Waals surface area (Å²) in [7, 11) is 0. The summed E-state index contributed by atoms with van der Waals surface area (Å²) in [6.07, 6.45) is 0. The van der Waals surface area contributed by atoms with Gasteiger partial charge in [0.2, 0.25) is 0 Å². The monoisotopic (exact) mass is 244 g/mol. The van der Waals surface area contributed by atoms with Crippen molar-refractivity contribution in [1.29, 1.82) is 0 Å². The number of hydrogen-bond donors (Lipinski definition) is 2. The number of carboxylic acid groups (broad SMARTS) is 1. The first kappa shape index (κ1) is 12.4. The molecule has 94 valence electrons. The van der Waals surface area contributed by atoms with E-state index in [1.54, 1.807) is 0 Å². The zero-order valence-corrected chi connectivity index (χ0v) is 10.7. The van der Waals surface area contributed by atoms with Crippen molar-refractivity contribution in [3.63, 3.8) is 0 Å². The lowest BCUT2D eigenvalue weighted by molar-refractivity contribution is -0.134. The van der Waals surface area contributed by atoms with Crippen LogP contribution in [0.3, 0.4) is 0 Å². The third-order valence-corrected chi connectivity index (χ3v) is 2.81. The van der Waals surface area contributed by atoms with Gasteiger partial charge in [0.25, 0.3) is 0 Å². The minimum absolute atomic E-state index is 0.0914. The van der Waals surface area contributed by atoms with Gasteiger partial charge in [0.1, 0.15) is 6.54 Å². The standard InChI is InChI=1S/C14H16N2O2/c1-8-4-9(2)14-11(15-7-13(17)18)6-10(3)16-12(14)5-8/h4-6H,7H2,1-3H3,(H,15,16)(H,17,18). The van der Waals surface area contributed by atoms with E-state index in [1.807, 2.05) is 32.9 Å². The van der Waals surface area contributed by atoms with Crippen LogP contribution in [-0.4, -0.2) is 22.6 Å². The first-order chi connectivity index (χ1) is 8.47. The molecule has 0 amide bonds. The summed E-state index contributed by atoms with van der Waals surface area (Å²) >= 11 is 0. The van der Waals surface area contributed by atoms with Gasteiger partial charge in [0.15, 0.2) is 0 Å². The molecule has 0 atom stereocenters. The highest BCUT2D eigenvalue weighted by molar-refractivity contribution is 5.95. The molecular weight excluding hydrogens is 228 g/mol. The summed E-state index contributed by atoms with van der Waals surface area (Å²) in [6.45, 7) is 5.86. The number of fused-ring (bicyclic) bond motifs is 1. The van der Waals surface area contributed by atoms with Gasteiger partial charge in [-0.05, 0) is 44.0 Å². The Bertz CT molecular complexity index is 615. The Morgan fingerprint density at radius 1 is 1.28 bits per heavy atom. The highest BCUT2D eigenvalue weighted by Crippen LogP contribution is 2.27. The van der Waals surface area contributed by atoms with Crippen LogP contribution in [0.15, 0.2) is 18.2 Å². The van der Waals surface area contributed by atoms with E-state index in [-0.39, 0.29) is 6.54 Å².